The Balaban J connectivity index is 2.18. The van der Waals surface area contributed by atoms with Crippen LogP contribution in [0.2, 0.25) is 0 Å². The maximum atomic E-state index is 5.73. The average Bonchev–Trinajstić information content (AvgIpc) is 2.38. The van der Waals surface area contributed by atoms with Crippen molar-refractivity contribution in [2.75, 3.05) is 5.73 Å². The molecule has 17 heavy (non-hydrogen) atoms. The maximum absolute atomic E-state index is 5.73. The minimum atomic E-state index is 0.583. The van der Waals surface area contributed by atoms with Crippen LogP contribution in [0.15, 0.2) is 42.9 Å². The molecular formula is C12H9N5. The first kappa shape index (κ1) is 9.65. The van der Waals surface area contributed by atoms with E-state index in [1.54, 1.807) is 18.6 Å². The minimum Gasteiger partial charge on any atom is -0.399 e. The molecule has 0 atom stereocenters. The van der Waals surface area contributed by atoms with Crippen molar-refractivity contribution in [3.63, 3.8) is 0 Å². The fraction of sp³-hybridized carbons (Fsp3) is 0. The van der Waals surface area contributed by atoms with Gasteiger partial charge in [0.25, 0.3) is 0 Å². The highest BCUT2D eigenvalue weighted by atomic mass is 15.0. The molecule has 5 heteroatoms. The highest BCUT2D eigenvalue weighted by Crippen LogP contribution is 2.18. The Morgan fingerprint density at radius 1 is 1.00 bits per heavy atom. The summed E-state index contributed by atoms with van der Waals surface area (Å²) in [6, 6.07) is 7.44. The fourth-order valence-electron chi connectivity index (χ4n) is 1.59. The Morgan fingerprint density at radius 2 is 1.88 bits per heavy atom. The van der Waals surface area contributed by atoms with Gasteiger partial charge >= 0.3 is 0 Å². The first-order chi connectivity index (χ1) is 8.33. The van der Waals surface area contributed by atoms with E-state index in [-0.39, 0.29) is 0 Å². The van der Waals surface area contributed by atoms with Crippen molar-refractivity contribution < 1.29 is 0 Å². The second kappa shape index (κ2) is 3.79. The molecule has 5 nitrogen and oxygen atoms in total. The number of fused-ring (bicyclic) bond motifs is 1. The van der Waals surface area contributed by atoms with Gasteiger partial charge in [-0.2, -0.15) is 0 Å². The van der Waals surface area contributed by atoms with Crippen molar-refractivity contribution in [1.82, 2.24) is 19.9 Å². The maximum Gasteiger partial charge on any atom is 0.181 e. The van der Waals surface area contributed by atoms with Gasteiger partial charge in [-0.25, -0.2) is 19.9 Å². The predicted molar refractivity (Wildman–Crippen MR) is 65.0 cm³/mol. The lowest BCUT2D eigenvalue weighted by Gasteiger charge is -2.01. The second-order valence-corrected chi connectivity index (χ2v) is 3.58. The molecule has 0 radical (unpaired) electrons. The molecule has 0 spiro atoms. The number of hydrogen-bond donors (Lipinski definition) is 1. The van der Waals surface area contributed by atoms with Crippen molar-refractivity contribution in [2.45, 2.75) is 0 Å². The molecule has 3 rings (SSSR count). The summed E-state index contributed by atoms with van der Waals surface area (Å²) in [6.07, 6.45) is 4.89. The first-order valence-electron chi connectivity index (χ1n) is 5.12. The molecular weight excluding hydrogens is 214 g/mol. The fourth-order valence-corrected chi connectivity index (χ4v) is 1.59. The Morgan fingerprint density at radius 3 is 2.76 bits per heavy atom. The van der Waals surface area contributed by atoms with E-state index in [9.17, 15) is 0 Å². The van der Waals surface area contributed by atoms with Crippen LogP contribution in [-0.2, 0) is 0 Å². The van der Waals surface area contributed by atoms with Gasteiger partial charge < -0.3 is 5.73 Å². The van der Waals surface area contributed by atoms with E-state index in [0.29, 0.717) is 22.7 Å². The van der Waals surface area contributed by atoms with Crippen molar-refractivity contribution in [3.05, 3.63) is 42.9 Å². The van der Waals surface area contributed by atoms with Crippen molar-refractivity contribution in [3.8, 4) is 11.4 Å². The molecule has 0 aliphatic carbocycles. The van der Waals surface area contributed by atoms with Gasteiger partial charge in [0.15, 0.2) is 11.5 Å². The summed E-state index contributed by atoms with van der Waals surface area (Å²) in [4.78, 5) is 16.9. The van der Waals surface area contributed by atoms with Gasteiger partial charge in [0.05, 0.1) is 6.20 Å². The van der Waals surface area contributed by atoms with Gasteiger partial charge in [-0.15, -0.1) is 0 Å². The molecule has 0 saturated heterocycles. The summed E-state index contributed by atoms with van der Waals surface area (Å²) >= 11 is 0. The summed E-state index contributed by atoms with van der Waals surface area (Å²) in [5.74, 6) is 0.602. The number of anilines is 1. The monoisotopic (exact) mass is 223 g/mol. The zero-order valence-corrected chi connectivity index (χ0v) is 8.91. The van der Waals surface area contributed by atoms with Crippen LogP contribution < -0.4 is 5.73 Å². The summed E-state index contributed by atoms with van der Waals surface area (Å²) in [5.41, 5.74) is 8.55. The first-order valence-corrected chi connectivity index (χ1v) is 5.12. The molecule has 1 aromatic carbocycles. The van der Waals surface area contributed by atoms with Crippen molar-refractivity contribution in [1.29, 1.82) is 0 Å². The van der Waals surface area contributed by atoms with Crippen LogP contribution in [0, 0.1) is 0 Å². The molecule has 82 valence electrons. The number of nitrogens with two attached hydrogens (primary N) is 1. The van der Waals surface area contributed by atoms with Crippen LogP contribution in [0.4, 0.5) is 5.69 Å². The predicted octanol–water partition coefficient (Wildman–Crippen LogP) is 1.67. The number of rotatable bonds is 1. The normalized spacial score (nSPS) is 10.6. The van der Waals surface area contributed by atoms with Gasteiger partial charge in [0, 0.05) is 23.6 Å². The standard InChI is InChI=1S/C12H9N5/c13-9-3-1-2-8(6-9)11-16-7-10-12(17-11)15-5-4-14-10/h1-7H,13H2. The smallest absolute Gasteiger partial charge is 0.181 e. The van der Waals surface area contributed by atoms with E-state index in [1.165, 1.54) is 0 Å². The third-order valence-electron chi connectivity index (χ3n) is 2.37. The number of benzene rings is 1. The topological polar surface area (TPSA) is 77.6 Å². The van der Waals surface area contributed by atoms with E-state index in [4.69, 9.17) is 5.73 Å². The Bertz CT molecular complexity index is 680. The zero-order chi connectivity index (χ0) is 11.7. The molecule has 0 bridgehead atoms. The molecule has 0 aliphatic heterocycles. The van der Waals surface area contributed by atoms with Crippen molar-refractivity contribution in [2.24, 2.45) is 0 Å². The summed E-state index contributed by atoms with van der Waals surface area (Å²) in [7, 11) is 0. The number of hydrogen-bond acceptors (Lipinski definition) is 5. The molecule has 0 aliphatic rings. The van der Waals surface area contributed by atoms with Crippen LogP contribution >= 0.6 is 0 Å². The number of nitrogen functional groups attached to an aromatic ring is 1. The highest BCUT2D eigenvalue weighted by Gasteiger charge is 2.04. The third kappa shape index (κ3) is 1.78. The summed E-state index contributed by atoms with van der Waals surface area (Å²) in [6.45, 7) is 0. The summed E-state index contributed by atoms with van der Waals surface area (Å²) < 4.78 is 0. The van der Waals surface area contributed by atoms with E-state index >= 15 is 0 Å². The second-order valence-electron chi connectivity index (χ2n) is 3.58. The lowest BCUT2D eigenvalue weighted by Crippen LogP contribution is -1.94. The average molecular weight is 223 g/mol. The molecule has 2 heterocycles. The number of aromatic nitrogens is 4. The molecule has 2 N–H and O–H groups in total. The third-order valence-corrected chi connectivity index (χ3v) is 2.37. The molecule has 0 unspecified atom stereocenters. The van der Waals surface area contributed by atoms with E-state index < -0.39 is 0 Å². The van der Waals surface area contributed by atoms with Gasteiger partial charge in [-0.3, -0.25) is 0 Å². The van der Waals surface area contributed by atoms with Gasteiger partial charge in [-0.1, -0.05) is 12.1 Å². The molecule has 0 fully saturated rings. The zero-order valence-electron chi connectivity index (χ0n) is 8.91. The van der Waals surface area contributed by atoms with Crippen molar-refractivity contribution >= 4 is 16.9 Å². The Kier molecular flexibility index (Phi) is 2.15. The van der Waals surface area contributed by atoms with Crippen LogP contribution in [0.3, 0.4) is 0 Å². The highest BCUT2D eigenvalue weighted by molar-refractivity contribution is 5.71. The minimum absolute atomic E-state index is 0.583. The van der Waals surface area contributed by atoms with Gasteiger partial charge in [0.2, 0.25) is 0 Å². The Labute approximate surface area is 97.4 Å². The number of nitrogens with zero attached hydrogens (tertiary/aromatic N) is 4. The lowest BCUT2D eigenvalue weighted by atomic mass is 10.2. The summed E-state index contributed by atoms with van der Waals surface area (Å²) in [5, 5.41) is 0. The van der Waals surface area contributed by atoms with E-state index in [2.05, 4.69) is 19.9 Å². The Hall–Kier alpha value is -2.56. The molecule has 3 aromatic rings. The van der Waals surface area contributed by atoms with Crippen LogP contribution in [0.5, 0.6) is 0 Å². The molecule has 0 saturated carbocycles. The SMILES string of the molecule is Nc1cccc(-c2ncc3nccnc3n2)c1. The molecule has 2 aromatic heterocycles. The van der Waals surface area contributed by atoms with Gasteiger partial charge in [0.1, 0.15) is 5.52 Å². The van der Waals surface area contributed by atoms with Crippen LogP contribution in [0.25, 0.3) is 22.6 Å². The van der Waals surface area contributed by atoms with Crippen LogP contribution in [0.1, 0.15) is 0 Å². The van der Waals surface area contributed by atoms with E-state index in [0.717, 1.165) is 5.56 Å². The van der Waals surface area contributed by atoms with E-state index in [1.807, 2.05) is 24.3 Å². The lowest BCUT2D eigenvalue weighted by molar-refractivity contribution is 1.15. The largest absolute Gasteiger partial charge is 0.399 e. The molecule has 0 amide bonds. The van der Waals surface area contributed by atoms with Crippen LogP contribution in [-0.4, -0.2) is 19.9 Å². The quantitative estimate of drug-likeness (QED) is 0.635. The van der Waals surface area contributed by atoms with Gasteiger partial charge in [-0.05, 0) is 12.1 Å².